The van der Waals surface area contributed by atoms with Gasteiger partial charge in [-0.1, -0.05) is 29.9 Å². The van der Waals surface area contributed by atoms with Gasteiger partial charge >= 0.3 is 6.18 Å². The first kappa shape index (κ1) is 12.4. The maximum atomic E-state index is 12.4. The highest BCUT2D eigenvalue weighted by Gasteiger charge is 2.33. The molecular formula is C9H7ClF3NS. The van der Waals surface area contributed by atoms with Crippen LogP contribution in [0.2, 0.25) is 5.02 Å². The minimum Gasteiger partial charge on any atom is -0.320 e. The Bertz CT molecular complexity index is 378. The molecule has 0 aliphatic heterocycles. The summed E-state index contributed by atoms with van der Waals surface area (Å²) in [5, 5.41) is 0.853. The van der Waals surface area contributed by atoms with Crippen molar-refractivity contribution in [1.29, 1.82) is 0 Å². The lowest BCUT2D eigenvalue weighted by Crippen LogP contribution is -2.13. The van der Waals surface area contributed by atoms with Crippen molar-refractivity contribution >= 4 is 29.2 Å². The van der Waals surface area contributed by atoms with E-state index in [0.717, 1.165) is 6.07 Å². The van der Waals surface area contributed by atoms with Gasteiger partial charge < -0.3 is 5.73 Å². The molecule has 0 spiro atoms. The van der Waals surface area contributed by atoms with Gasteiger partial charge in [0.05, 0.1) is 16.6 Å². The SMILES string of the molecule is NC(C=S)c1ccc(Cl)c(C(F)(F)F)c1. The van der Waals surface area contributed by atoms with Crippen molar-refractivity contribution in [3.8, 4) is 0 Å². The Morgan fingerprint density at radius 1 is 1.40 bits per heavy atom. The van der Waals surface area contributed by atoms with Crippen molar-refractivity contribution in [3.63, 3.8) is 0 Å². The molecule has 0 aromatic heterocycles. The lowest BCUT2D eigenvalue weighted by molar-refractivity contribution is -0.137. The molecule has 6 heteroatoms. The third kappa shape index (κ3) is 2.90. The maximum Gasteiger partial charge on any atom is 0.417 e. The van der Waals surface area contributed by atoms with Gasteiger partial charge in [-0.2, -0.15) is 13.2 Å². The number of hydrogen-bond donors (Lipinski definition) is 1. The molecule has 82 valence electrons. The highest BCUT2D eigenvalue weighted by molar-refractivity contribution is 7.79. The van der Waals surface area contributed by atoms with E-state index >= 15 is 0 Å². The van der Waals surface area contributed by atoms with E-state index in [0.29, 0.717) is 5.56 Å². The second-order valence-electron chi connectivity index (χ2n) is 2.90. The van der Waals surface area contributed by atoms with Gasteiger partial charge in [-0.15, -0.1) is 0 Å². The van der Waals surface area contributed by atoms with Crippen LogP contribution in [0, 0.1) is 0 Å². The van der Waals surface area contributed by atoms with E-state index in [2.05, 4.69) is 12.2 Å². The van der Waals surface area contributed by atoms with Crippen LogP contribution in [-0.4, -0.2) is 5.37 Å². The molecule has 0 amide bonds. The van der Waals surface area contributed by atoms with E-state index in [9.17, 15) is 13.2 Å². The summed E-state index contributed by atoms with van der Waals surface area (Å²) in [6.07, 6.45) is -4.48. The molecule has 0 saturated carbocycles. The molecule has 1 atom stereocenters. The Labute approximate surface area is 95.0 Å². The molecule has 15 heavy (non-hydrogen) atoms. The van der Waals surface area contributed by atoms with Gasteiger partial charge in [0.1, 0.15) is 0 Å². The molecule has 0 fully saturated rings. The Hall–Kier alpha value is -0.650. The van der Waals surface area contributed by atoms with E-state index in [4.69, 9.17) is 17.3 Å². The fourth-order valence-electron chi connectivity index (χ4n) is 1.05. The van der Waals surface area contributed by atoms with E-state index in [1.807, 2.05) is 0 Å². The zero-order valence-electron chi connectivity index (χ0n) is 7.38. The minimum atomic E-state index is -4.48. The molecule has 1 aromatic carbocycles. The first-order valence-electron chi connectivity index (χ1n) is 3.94. The Balaban J connectivity index is 3.22. The van der Waals surface area contributed by atoms with Crippen molar-refractivity contribution < 1.29 is 13.2 Å². The Morgan fingerprint density at radius 2 is 2.00 bits per heavy atom. The molecule has 0 radical (unpaired) electrons. The van der Waals surface area contributed by atoms with Gasteiger partial charge in [0.25, 0.3) is 0 Å². The summed E-state index contributed by atoms with van der Waals surface area (Å²) in [5.41, 5.74) is 4.89. The number of nitrogens with two attached hydrogens (primary N) is 1. The van der Waals surface area contributed by atoms with Crippen molar-refractivity contribution in [2.24, 2.45) is 5.73 Å². The summed E-state index contributed by atoms with van der Waals surface area (Å²) in [6, 6.07) is 2.80. The summed E-state index contributed by atoms with van der Waals surface area (Å²) in [4.78, 5) is 0. The van der Waals surface area contributed by atoms with Gasteiger partial charge in [-0.25, -0.2) is 0 Å². The average Bonchev–Trinajstić information content (AvgIpc) is 2.15. The summed E-state index contributed by atoms with van der Waals surface area (Å²) < 4.78 is 37.3. The second kappa shape index (κ2) is 4.47. The third-order valence-corrected chi connectivity index (χ3v) is 2.45. The summed E-state index contributed by atoms with van der Waals surface area (Å²) in [5.74, 6) is 0. The molecule has 0 heterocycles. The maximum absolute atomic E-state index is 12.4. The first-order valence-corrected chi connectivity index (χ1v) is 4.78. The number of halogens is 4. The predicted octanol–water partition coefficient (Wildman–Crippen LogP) is 3.36. The molecule has 0 aliphatic rings. The molecule has 0 saturated heterocycles. The number of rotatable bonds is 2. The van der Waals surface area contributed by atoms with Crippen LogP contribution in [-0.2, 0) is 6.18 Å². The van der Waals surface area contributed by atoms with Crippen molar-refractivity contribution in [2.45, 2.75) is 12.2 Å². The zero-order valence-corrected chi connectivity index (χ0v) is 8.96. The number of hydrogen-bond acceptors (Lipinski definition) is 2. The number of alkyl halides is 3. The summed E-state index contributed by atoms with van der Waals surface area (Å²) in [6.45, 7) is 0. The van der Waals surface area contributed by atoms with Crippen LogP contribution in [0.5, 0.6) is 0 Å². The van der Waals surface area contributed by atoms with Crippen LogP contribution in [0.25, 0.3) is 0 Å². The largest absolute Gasteiger partial charge is 0.417 e. The molecular weight excluding hydrogens is 247 g/mol. The highest BCUT2D eigenvalue weighted by Crippen LogP contribution is 2.35. The van der Waals surface area contributed by atoms with Gasteiger partial charge in [-0.05, 0) is 17.7 Å². The normalized spacial score (nSPS) is 13.7. The first-order chi connectivity index (χ1) is 6.86. The minimum absolute atomic E-state index is 0.293. The van der Waals surface area contributed by atoms with Crippen LogP contribution in [0.4, 0.5) is 13.2 Å². The van der Waals surface area contributed by atoms with Crippen LogP contribution in [0.1, 0.15) is 17.2 Å². The smallest absolute Gasteiger partial charge is 0.320 e. The van der Waals surface area contributed by atoms with E-state index in [-0.39, 0.29) is 5.02 Å². The average molecular weight is 254 g/mol. The van der Waals surface area contributed by atoms with E-state index in [1.54, 1.807) is 0 Å². The molecule has 1 aromatic rings. The monoisotopic (exact) mass is 253 g/mol. The lowest BCUT2D eigenvalue weighted by Gasteiger charge is -2.12. The van der Waals surface area contributed by atoms with Crippen molar-refractivity contribution in [1.82, 2.24) is 0 Å². The molecule has 0 aliphatic carbocycles. The van der Waals surface area contributed by atoms with Crippen molar-refractivity contribution in [2.75, 3.05) is 0 Å². The van der Waals surface area contributed by atoms with Crippen LogP contribution in [0.3, 0.4) is 0 Å². The fraction of sp³-hybridized carbons (Fsp3) is 0.222. The Kier molecular flexibility index (Phi) is 3.70. The van der Waals surface area contributed by atoms with Gasteiger partial charge in [-0.3, -0.25) is 0 Å². The summed E-state index contributed by atoms with van der Waals surface area (Å²) >= 11 is 9.99. The number of benzene rings is 1. The predicted molar refractivity (Wildman–Crippen MR) is 57.0 cm³/mol. The lowest BCUT2D eigenvalue weighted by atomic mass is 10.1. The summed E-state index contributed by atoms with van der Waals surface area (Å²) in [7, 11) is 0. The molecule has 0 bridgehead atoms. The molecule has 1 nitrogen and oxygen atoms in total. The standard InChI is InChI=1S/C9H7ClF3NS/c10-7-2-1-5(8(14)4-15)3-6(7)9(11,12)13/h1-4,8H,14H2. The van der Waals surface area contributed by atoms with Crippen LogP contribution >= 0.6 is 23.8 Å². The number of thiocarbonyl (C=S) groups is 1. The zero-order chi connectivity index (χ0) is 11.6. The molecule has 1 unspecified atom stereocenters. The van der Waals surface area contributed by atoms with E-state index in [1.165, 1.54) is 17.5 Å². The van der Waals surface area contributed by atoms with Gasteiger partial charge in [0.2, 0.25) is 0 Å². The van der Waals surface area contributed by atoms with Gasteiger partial charge in [0.15, 0.2) is 0 Å². The van der Waals surface area contributed by atoms with E-state index < -0.39 is 17.8 Å². The second-order valence-corrected chi connectivity index (χ2v) is 3.58. The van der Waals surface area contributed by atoms with Crippen LogP contribution in [0.15, 0.2) is 18.2 Å². The van der Waals surface area contributed by atoms with Crippen molar-refractivity contribution in [3.05, 3.63) is 34.3 Å². The molecule has 1 rings (SSSR count). The van der Waals surface area contributed by atoms with Gasteiger partial charge in [0, 0.05) is 5.37 Å². The fourth-order valence-corrected chi connectivity index (χ4v) is 1.43. The topological polar surface area (TPSA) is 26.0 Å². The quantitative estimate of drug-likeness (QED) is 0.818. The third-order valence-electron chi connectivity index (χ3n) is 1.83. The molecule has 2 N–H and O–H groups in total. The Morgan fingerprint density at radius 3 is 2.47 bits per heavy atom. The highest BCUT2D eigenvalue weighted by atomic mass is 35.5. The van der Waals surface area contributed by atoms with Crippen LogP contribution < -0.4 is 5.73 Å².